The molecule has 3 aromatic rings. The van der Waals surface area contributed by atoms with Crippen molar-refractivity contribution in [2.45, 2.75) is 25.4 Å². The number of carbonyl (C=O) groups excluding carboxylic acids is 1. The molecule has 0 fully saturated rings. The first-order valence-electron chi connectivity index (χ1n) is 8.37. The Labute approximate surface area is 155 Å². The quantitative estimate of drug-likeness (QED) is 0.663. The average molecular weight is 366 g/mol. The number of hydrogen-bond acceptors (Lipinski definition) is 6. The molecule has 26 heavy (non-hydrogen) atoms. The van der Waals surface area contributed by atoms with E-state index in [1.807, 2.05) is 50.2 Å². The van der Waals surface area contributed by atoms with Crippen molar-refractivity contribution < 1.29 is 4.79 Å². The summed E-state index contributed by atoms with van der Waals surface area (Å²) >= 11 is 1.31. The Morgan fingerprint density at radius 2 is 2.00 bits per heavy atom. The first kappa shape index (κ1) is 16.7. The van der Waals surface area contributed by atoms with Crippen molar-refractivity contribution in [2.75, 3.05) is 12.3 Å². The Balaban J connectivity index is 1.43. The molecule has 8 heteroatoms. The largest absolute Gasteiger partial charge is 0.272 e. The summed E-state index contributed by atoms with van der Waals surface area (Å²) in [6.45, 7) is 4.50. The molecule has 1 aliphatic rings. The second-order valence-corrected chi connectivity index (χ2v) is 7.06. The predicted octanol–water partition coefficient (Wildman–Crippen LogP) is 2.47. The van der Waals surface area contributed by atoms with Gasteiger partial charge in [0.15, 0.2) is 0 Å². The van der Waals surface area contributed by atoms with Gasteiger partial charge in [0, 0.05) is 17.8 Å². The van der Waals surface area contributed by atoms with Gasteiger partial charge in [0.25, 0.3) is 11.7 Å². The van der Waals surface area contributed by atoms with Gasteiger partial charge in [-0.25, -0.2) is 14.5 Å². The number of rotatable bonds is 4. The third kappa shape index (κ3) is 3.32. The minimum absolute atomic E-state index is 0.0411. The second kappa shape index (κ2) is 6.87. The standard InChI is InChI=1S/C18H18N6OS/c1-12-10-13(2)24-17(19-12)20-18(22-24)26-11-16(25)23-9-8-15(21-23)14-6-4-3-5-7-14/h3-7,10H,8-9,11H2,1-2H3. The number of carbonyl (C=O) groups is 1. The monoisotopic (exact) mass is 366 g/mol. The molecule has 2 aromatic heterocycles. The summed E-state index contributed by atoms with van der Waals surface area (Å²) < 4.78 is 1.70. The highest BCUT2D eigenvalue weighted by Crippen LogP contribution is 2.19. The summed E-state index contributed by atoms with van der Waals surface area (Å²) in [5.41, 5.74) is 3.88. The third-order valence-electron chi connectivity index (χ3n) is 4.12. The van der Waals surface area contributed by atoms with Gasteiger partial charge in [-0.15, -0.1) is 5.10 Å². The Kier molecular flexibility index (Phi) is 4.42. The molecule has 0 N–H and O–H groups in total. The van der Waals surface area contributed by atoms with Gasteiger partial charge < -0.3 is 0 Å². The van der Waals surface area contributed by atoms with Crippen molar-refractivity contribution in [3.63, 3.8) is 0 Å². The van der Waals surface area contributed by atoms with Crippen molar-refractivity contribution in [3.05, 3.63) is 53.3 Å². The van der Waals surface area contributed by atoms with Gasteiger partial charge in [-0.3, -0.25) is 4.79 Å². The molecule has 0 saturated carbocycles. The lowest BCUT2D eigenvalue weighted by molar-refractivity contribution is -0.127. The highest BCUT2D eigenvalue weighted by atomic mass is 32.2. The molecule has 132 valence electrons. The smallest absolute Gasteiger partial charge is 0.253 e. The number of benzene rings is 1. The van der Waals surface area contributed by atoms with Gasteiger partial charge in [0.2, 0.25) is 5.16 Å². The Bertz CT molecular complexity index is 998. The lowest BCUT2D eigenvalue weighted by atomic mass is 10.1. The molecule has 0 atom stereocenters. The fraction of sp³-hybridized carbons (Fsp3) is 0.278. The van der Waals surface area contributed by atoms with Crippen molar-refractivity contribution in [1.82, 2.24) is 24.6 Å². The molecular formula is C18H18N6OS. The van der Waals surface area contributed by atoms with Gasteiger partial charge >= 0.3 is 0 Å². The zero-order valence-electron chi connectivity index (χ0n) is 14.6. The van der Waals surface area contributed by atoms with Crippen LogP contribution in [0.4, 0.5) is 0 Å². The van der Waals surface area contributed by atoms with Crippen molar-refractivity contribution in [1.29, 1.82) is 0 Å². The first-order chi connectivity index (χ1) is 12.6. The Morgan fingerprint density at radius 1 is 1.19 bits per heavy atom. The summed E-state index contributed by atoms with van der Waals surface area (Å²) in [5, 5.41) is 11.0. The topological polar surface area (TPSA) is 75.8 Å². The third-order valence-corrected chi connectivity index (χ3v) is 4.94. The molecule has 0 bridgehead atoms. The number of hydrogen-bond donors (Lipinski definition) is 0. The molecular weight excluding hydrogens is 348 g/mol. The van der Waals surface area contributed by atoms with Crippen LogP contribution in [0.2, 0.25) is 0 Å². The van der Waals surface area contributed by atoms with E-state index in [1.54, 1.807) is 9.52 Å². The van der Waals surface area contributed by atoms with Gasteiger partial charge in [0.1, 0.15) is 0 Å². The van der Waals surface area contributed by atoms with Crippen LogP contribution in [0.15, 0.2) is 46.7 Å². The summed E-state index contributed by atoms with van der Waals surface area (Å²) in [5.74, 6) is 0.768. The van der Waals surface area contributed by atoms with E-state index < -0.39 is 0 Å². The number of amides is 1. The van der Waals surface area contributed by atoms with Crippen LogP contribution in [-0.2, 0) is 4.79 Å². The molecule has 7 nitrogen and oxygen atoms in total. The lowest BCUT2D eigenvalue weighted by Crippen LogP contribution is -2.25. The van der Waals surface area contributed by atoms with Crippen LogP contribution < -0.4 is 0 Å². The Hall–Kier alpha value is -2.74. The van der Waals surface area contributed by atoms with Crippen LogP contribution in [0.25, 0.3) is 5.78 Å². The van der Waals surface area contributed by atoms with Gasteiger partial charge in [0.05, 0.1) is 18.0 Å². The van der Waals surface area contributed by atoms with Crippen LogP contribution >= 0.6 is 11.8 Å². The zero-order chi connectivity index (χ0) is 18.1. The summed E-state index contributed by atoms with van der Waals surface area (Å²) in [4.78, 5) is 21.2. The van der Waals surface area contributed by atoms with Gasteiger partial charge in [-0.05, 0) is 25.5 Å². The van der Waals surface area contributed by atoms with E-state index in [-0.39, 0.29) is 11.7 Å². The van der Waals surface area contributed by atoms with E-state index in [2.05, 4.69) is 20.2 Å². The number of hydrazone groups is 1. The molecule has 0 unspecified atom stereocenters. The molecule has 1 aromatic carbocycles. The first-order valence-corrected chi connectivity index (χ1v) is 9.36. The normalized spacial score (nSPS) is 14.1. The number of aryl methyl sites for hydroxylation is 2. The maximum atomic E-state index is 12.5. The van der Waals surface area contributed by atoms with E-state index in [4.69, 9.17) is 0 Å². The molecule has 1 amide bonds. The van der Waals surface area contributed by atoms with E-state index in [0.29, 0.717) is 17.5 Å². The molecule has 3 heterocycles. The van der Waals surface area contributed by atoms with Crippen LogP contribution in [0, 0.1) is 13.8 Å². The van der Waals surface area contributed by atoms with E-state index in [9.17, 15) is 4.79 Å². The highest BCUT2D eigenvalue weighted by Gasteiger charge is 2.22. The minimum atomic E-state index is -0.0411. The zero-order valence-corrected chi connectivity index (χ0v) is 15.4. The Morgan fingerprint density at radius 3 is 2.81 bits per heavy atom. The van der Waals surface area contributed by atoms with Crippen LogP contribution in [0.3, 0.4) is 0 Å². The molecule has 0 aliphatic carbocycles. The SMILES string of the molecule is Cc1cc(C)n2nc(SCC(=O)N3CCC(c4ccccc4)=N3)nc2n1. The predicted molar refractivity (Wildman–Crippen MR) is 100 cm³/mol. The number of aromatic nitrogens is 4. The molecule has 4 rings (SSSR count). The maximum Gasteiger partial charge on any atom is 0.253 e. The molecule has 0 radical (unpaired) electrons. The fourth-order valence-electron chi connectivity index (χ4n) is 2.88. The van der Waals surface area contributed by atoms with E-state index in [0.717, 1.165) is 29.1 Å². The van der Waals surface area contributed by atoms with E-state index in [1.165, 1.54) is 11.8 Å². The summed E-state index contributed by atoms with van der Waals surface area (Å²) in [7, 11) is 0. The van der Waals surface area contributed by atoms with E-state index >= 15 is 0 Å². The van der Waals surface area contributed by atoms with Crippen molar-refractivity contribution in [2.24, 2.45) is 5.10 Å². The van der Waals surface area contributed by atoms with Crippen LogP contribution in [0.5, 0.6) is 0 Å². The molecule has 0 saturated heterocycles. The summed E-state index contributed by atoms with van der Waals surface area (Å²) in [6, 6.07) is 11.9. The van der Waals surface area contributed by atoms with Crippen molar-refractivity contribution in [3.8, 4) is 0 Å². The highest BCUT2D eigenvalue weighted by molar-refractivity contribution is 7.99. The maximum absolute atomic E-state index is 12.5. The minimum Gasteiger partial charge on any atom is -0.272 e. The van der Waals surface area contributed by atoms with Gasteiger partial charge in [-0.1, -0.05) is 42.1 Å². The van der Waals surface area contributed by atoms with Gasteiger partial charge in [-0.2, -0.15) is 10.1 Å². The van der Waals surface area contributed by atoms with Crippen molar-refractivity contribution >= 4 is 29.2 Å². The molecule has 0 spiro atoms. The number of fused-ring (bicyclic) bond motifs is 1. The van der Waals surface area contributed by atoms with Crippen LogP contribution in [-0.4, -0.2) is 48.5 Å². The number of nitrogens with zero attached hydrogens (tertiary/aromatic N) is 6. The lowest BCUT2D eigenvalue weighted by Gasteiger charge is -2.09. The average Bonchev–Trinajstić information content (AvgIpc) is 3.27. The number of thioether (sulfide) groups is 1. The van der Waals surface area contributed by atoms with Crippen LogP contribution in [0.1, 0.15) is 23.4 Å². The summed E-state index contributed by atoms with van der Waals surface area (Å²) in [6.07, 6.45) is 0.773. The second-order valence-electron chi connectivity index (χ2n) is 6.11. The fourth-order valence-corrected chi connectivity index (χ4v) is 3.57. The molecule has 1 aliphatic heterocycles.